The molecule has 1 aromatic heterocycles. The van der Waals surface area contributed by atoms with Crippen molar-refractivity contribution in [3.63, 3.8) is 0 Å². The maximum Gasteiger partial charge on any atom is 0.318 e. The fourth-order valence-corrected chi connectivity index (χ4v) is 6.24. The van der Waals surface area contributed by atoms with Gasteiger partial charge in [0, 0.05) is 53.3 Å². The minimum atomic E-state index is -0.0876. The fourth-order valence-electron chi connectivity index (χ4n) is 5.95. The second kappa shape index (κ2) is 11.0. The number of carbonyl (C=O) groups is 1. The molecule has 0 spiro atoms. The van der Waals surface area contributed by atoms with Gasteiger partial charge in [0.15, 0.2) is 0 Å². The number of nitrogens with one attached hydrogen (secondary N) is 1. The lowest BCUT2D eigenvalue weighted by atomic mass is 10.0. The van der Waals surface area contributed by atoms with Crippen LogP contribution in [0.5, 0.6) is 6.01 Å². The van der Waals surface area contributed by atoms with E-state index < -0.39 is 0 Å². The second-order valence-electron chi connectivity index (χ2n) is 10.6. The quantitative estimate of drug-likeness (QED) is 0.502. The molecule has 1 N–H and O–H groups in total. The number of piperazine rings is 1. The summed E-state index contributed by atoms with van der Waals surface area (Å²) in [6.45, 7) is 4.55. The highest BCUT2D eigenvalue weighted by atomic mass is 35.5. The van der Waals surface area contributed by atoms with Gasteiger partial charge in [-0.3, -0.25) is 4.79 Å². The van der Waals surface area contributed by atoms with Crippen LogP contribution >= 0.6 is 11.6 Å². The summed E-state index contributed by atoms with van der Waals surface area (Å²) in [5, 5.41) is 14.9. The first-order chi connectivity index (χ1) is 19.0. The zero-order valence-electron chi connectivity index (χ0n) is 22.1. The van der Waals surface area contributed by atoms with E-state index in [2.05, 4.69) is 28.2 Å². The topological polar surface area (TPSA) is 97.6 Å². The summed E-state index contributed by atoms with van der Waals surface area (Å²) in [7, 11) is 2.12. The molecule has 0 aliphatic carbocycles. The van der Waals surface area contributed by atoms with E-state index >= 15 is 0 Å². The highest BCUT2D eigenvalue weighted by Crippen LogP contribution is 2.35. The molecule has 2 atom stereocenters. The molecule has 0 bridgehead atoms. The fraction of sp³-hybridized carbons (Fsp3) is 0.448. The largest absolute Gasteiger partial charge is 0.462 e. The minimum absolute atomic E-state index is 0.0582. The Balaban J connectivity index is 1.31. The Bertz CT molecular complexity index is 1440. The zero-order chi connectivity index (χ0) is 26.9. The summed E-state index contributed by atoms with van der Waals surface area (Å²) in [4.78, 5) is 29.9. The van der Waals surface area contributed by atoms with Gasteiger partial charge in [0.2, 0.25) is 0 Å². The van der Waals surface area contributed by atoms with Gasteiger partial charge in [0.05, 0.1) is 31.3 Å². The lowest BCUT2D eigenvalue weighted by Gasteiger charge is -2.34. The van der Waals surface area contributed by atoms with Gasteiger partial charge in [0.25, 0.3) is 5.91 Å². The van der Waals surface area contributed by atoms with Crippen LogP contribution in [-0.2, 0) is 13.1 Å². The van der Waals surface area contributed by atoms with E-state index in [4.69, 9.17) is 26.3 Å². The van der Waals surface area contributed by atoms with Crippen molar-refractivity contribution in [1.29, 1.82) is 5.26 Å². The molecular formula is C29H32ClN7O2. The molecule has 1 amide bonds. The standard InChI is InChI=1S/C29H32ClN7O2/c1-35-13-4-7-21(35)18-39-29-33-25-17-37(28(38)22-8-2-5-19-6-3-9-24(30)26(19)22)16-23(25)27(34-29)36-14-12-32-20(15-36)10-11-31/h2-3,5-6,8-9,20-21,32H,4,7,10,12-18H2,1H3. The molecular weight excluding hydrogens is 514 g/mol. The molecule has 2 unspecified atom stereocenters. The van der Waals surface area contributed by atoms with Crippen molar-refractivity contribution in [3.05, 3.63) is 58.2 Å². The summed E-state index contributed by atoms with van der Waals surface area (Å²) in [5.74, 6) is 0.709. The Morgan fingerprint density at radius 2 is 2.05 bits per heavy atom. The number of carbonyl (C=O) groups excluding carboxylic acids is 1. The minimum Gasteiger partial charge on any atom is -0.462 e. The Morgan fingerprint density at radius 1 is 1.21 bits per heavy atom. The Labute approximate surface area is 233 Å². The van der Waals surface area contributed by atoms with E-state index in [1.54, 1.807) is 0 Å². The Kier molecular flexibility index (Phi) is 7.26. The third-order valence-corrected chi connectivity index (χ3v) is 8.40. The second-order valence-corrected chi connectivity index (χ2v) is 11.0. The predicted octanol–water partition coefficient (Wildman–Crippen LogP) is 3.60. The number of nitriles is 1. The summed E-state index contributed by atoms with van der Waals surface area (Å²) >= 11 is 6.54. The molecule has 2 aromatic carbocycles. The SMILES string of the molecule is CN1CCCC1COc1nc2c(c(N3CCNC(CC#N)C3)n1)CN(C(=O)c1cccc3cccc(Cl)c13)C2. The van der Waals surface area contributed by atoms with Crippen LogP contribution in [0.4, 0.5) is 5.82 Å². The van der Waals surface area contributed by atoms with Gasteiger partial charge in [0.1, 0.15) is 12.4 Å². The van der Waals surface area contributed by atoms with E-state index in [-0.39, 0.29) is 11.9 Å². The highest BCUT2D eigenvalue weighted by Gasteiger charge is 2.33. The molecule has 3 aromatic rings. The van der Waals surface area contributed by atoms with Crippen LogP contribution in [0.25, 0.3) is 10.8 Å². The van der Waals surface area contributed by atoms with Crippen LogP contribution in [0.3, 0.4) is 0 Å². The third kappa shape index (κ3) is 5.12. The summed E-state index contributed by atoms with van der Waals surface area (Å²) in [5.41, 5.74) is 2.33. The number of anilines is 1. The molecule has 3 aliphatic heterocycles. The van der Waals surface area contributed by atoms with E-state index in [0.29, 0.717) is 55.3 Å². The van der Waals surface area contributed by atoms with Crippen molar-refractivity contribution >= 4 is 34.1 Å². The van der Waals surface area contributed by atoms with Crippen molar-refractivity contribution < 1.29 is 9.53 Å². The average Bonchev–Trinajstić information content (AvgIpc) is 3.57. The van der Waals surface area contributed by atoms with E-state index in [1.165, 1.54) is 0 Å². The van der Waals surface area contributed by atoms with Gasteiger partial charge in [-0.2, -0.15) is 15.2 Å². The van der Waals surface area contributed by atoms with Gasteiger partial charge in [-0.05, 0) is 44.0 Å². The van der Waals surface area contributed by atoms with Gasteiger partial charge in [-0.15, -0.1) is 0 Å². The summed E-state index contributed by atoms with van der Waals surface area (Å²) < 4.78 is 6.17. The van der Waals surface area contributed by atoms with Gasteiger partial charge < -0.3 is 24.8 Å². The molecule has 10 heteroatoms. The number of hydrogen-bond acceptors (Lipinski definition) is 8. The number of likely N-dealkylation sites (N-methyl/N-ethyl adjacent to an activating group) is 1. The van der Waals surface area contributed by atoms with Crippen LogP contribution in [-0.4, -0.2) is 77.6 Å². The van der Waals surface area contributed by atoms with Crippen molar-refractivity contribution in [3.8, 4) is 12.1 Å². The monoisotopic (exact) mass is 545 g/mol. The number of amides is 1. The van der Waals surface area contributed by atoms with Crippen molar-refractivity contribution in [2.45, 2.75) is 44.4 Å². The van der Waals surface area contributed by atoms with Crippen molar-refractivity contribution in [2.24, 2.45) is 0 Å². The van der Waals surface area contributed by atoms with Gasteiger partial charge in [-0.25, -0.2) is 0 Å². The molecule has 0 saturated carbocycles. The zero-order valence-corrected chi connectivity index (χ0v) is 22.8. The number of ether oxygens (including phenoxy) is 1. The van der Waals surface area contributed by atoms with Gasteiger partial charge >= 0.3 is 6.01 Å². The molecule has 202 valence electrons. The number of rotatable bonds is 6. The smallest absolute Gasteiger partial charge is 0.318 e. The first-order valence-electron chi connectivity index (χ1n) is 13.6. The van der Waals surface area contributed by atoms with Crippen LogP contribution in [0.15, 0.2) is 36.4 Å². The number of aromatic nitrogens is 2. The third-order valence-electron chi connectivity index (χ3n) is 8.08. The number of likely N-dealkylation sites (tertiary alicyclic amines) is 1. The maximum atomic E-state index is 13.8. The molecule has 2 fully saturated rings. The molecule has 9 nitrogen and oxygen atoms in total. The van der Waals surface area contributed by atoms with E-state index in [0.717, 1.165) is 60.3 Å². The summed E-state index contributed by atoms with van der Waals surface area (Å²) in [6.07, 6.45) is 2.68. The van der Waals surface area contributed by atoms with Crippen LogP contribution in [0.1, 0.15) is 40.9 Å². The number of hydrogen-bond donors (Lipinski definition) is 1. The van der Waals surface area contributed by atoms with Crippen LogP contribution in [0.2, 0.25) is 5.02 Å². The Morgan fingerprint density at radius 3 is 2.85 bits per heavy atom. The molecule has 2 saturated heterocycles. The van der Waals surface area contributed by atoms with Gasteiger partial charge in [-0.1, -0.05) is 35.9 Å². The van der Waals surface area contributed by atoms with E-state index in [9.17, 15) is 10.1 Å². The Hall–Kier alpha value is -3.45. The van der Waals surface area contributed by atoms with Crippen LogP contribution < -0.4 is 15.0 Å². The molecule has 4 heterocycles. The molecule has 3 aliphatic rings. The predicted molar refractivity (Wildman–Crippen MR) is 150 cm³/mol. The normalized spacial score (nSPS) is 21.3. The molecule has 6 rings (SSSR count). The van der Waals surface area contributed by atoms with Crippen molar-refractivity contribution in [2.75, 3.05) is 44.7 Å². The lowest BCUT2D eigenvalue weighted by Crippen LogP contribution is -2.51. The number of fused-ring (bicyclic) bond motifs is 2. The molecule has 0 radical (unpaired) electrons. The lowest BCUT2D eigenvalue weighted by molar-refractivity contribution is 0.0752. The highest BCUT2D eigenvalue weighted by molar-refractivity contribution is 6.36. The average molecular weight is 546 g/mol. The number of nitrogens with zero attached hydrogens (tertiary/aromatic N) is 6. The summed E-state index contributed by atoms with van der Waals surface area (Å²) in [6, 6.07) is 14.4. The van der Waals surface area contributed by atoms with Crippen molar-refractivity contribution in [1.82, 2.24) is 25.1 Å². The maximum absolute atomic E-state index is 13.8. The first kappa shape index (κ1) is 25.8. The number of benzene rings is 2. The molecule has 39 heavy (non-hydrogen) atoms. The first-order valence-corrected chi connectivity index (χ1v) is 13.9. The van der Waals surface area contributed by atoms with E-state index in [1.807, 2.05) is 41.3 Å². The van der Waals surface area contributed by atoms with Crippen LogP contribution in [0, 0.1) is 11.3 Å². The number of halogens is 1.